The maximum absolute atomic E-state index is 5.93. The van der Waals surface area contributed by atoms with Gasteiger partial charge in [0, 0.05) is 5.57 Å². The van der Waals surface area contributed by atoms with Crippen LogP contribution in [0.25, 0.3) is 0 Å². The van der Waals surface area contributed by atoms with Crippen molar-refractivity contribution in [2.45, 2.75) is 53.1 Å². The fourth-order valence-corrected chi connectivity index (χ4v) is 3.14. The zero-order valence-electron chi connectivity index (χ0n) is 12.0. The van der Waals surface area contributed by atoms with Crippen LogP contribution in [0.15, 0.2) is 23.7 Å². The van der Waals surface area contributed by atoms with Crippen LogP contribution in [-0.4, -0.2) is 16.6 Å². The van der Waals surface area contributed by atoms with Crippen molar-refractivity contribution in [1.29, 1.82) is 0 Å². The molecule has 0 unspecified atom stereocenters. The van der Waals surface area contributed by atoms with Crippen LogP contribution >= 0.6 is 0 Å². The van der Waals surface area contributed by atoms with Crippen LogP contribution in [0.2, 0.25) is 39.3 Å². The highest BCUT2D eigenvalue weighted by molar-refractivity contribution is 6.70. The molecule has 0 aromatic heterocycles. The molecule has 0 rings (SSSR count). The summed E-state index contributed by atoms with van der Waals surface area (Å²) in [6.07, 6.45) is 0. The lowest BCUT2D eigenvalue weighted by Crippen LogP contribution is -2.27. The lowest BCUT2D eigenvalue weighted by atomic mass is 10.2. The zero-order valence-corrected chi connectivity index (χ0v) is 14.0. The molecule has 0 spiro atoms. The third-order valence-corrected chi connectivity index (χ3v) is 3.61. The molecule has 0 aromatic carbocycles. The molecule has 0 amide bonds. The standard InChI is InChI=1S/C12H26O2Si2/c1-10(11(2)13-15(4,5)6)12(3)14-16(7,8)9/h2H2,1,3-9H3/b12-10-. The van der Waals surface area contributed by atoms with Gasteiger partial charge in [-0.2, -0.15) is 0 Å². The van der Waals surface area contributed by atoms with E-state index in [9.17, 15) is 0 Å². The van der Waals surface area contributed by atoms with Gasteiger partial charge >= 0.3 is 0 Å². The molecular weight excluding hydrogens is 232 g/mol. The van der Waals surface area contributed by atoms with Gasteiger partial charge in [0.2, 0.25) is 16.6 Å². The van der Waals surface area contributed by atoms with Crippen LogP contribution in [0.3, 0.4) is 0 Å². The van der Waals surface area contributed by atoms with E-state index in [-0.39, 0.29) is 0 Å². The molecule has 2 nitrogen and oxygen atoms in total. The molecule has 0 heterocycles. The van der Waals surface area contributed by atoms with E-state index in [1.807, 2.05) is 13.8 Å². The average Bonchev–Trinajstić information content (AvgIpc) is 1.96. The molecule has 0 radical (unpaired) electrons. The van der Waals surface area contributed by atoms with Gasteiger partial charge in [0.1, 0.15) is 5.76 Å². The quantitative estimate of drug-likeness (QED) is 0.411. The molecular formula is C12H26O2Si2. The number of rotatable bonds is 5. The first-order chi connectivity index (χ1) is 6.92. The van der Waals surface area contributed by atoms with Crippen LogP contribution in [-0.2, 0) is 8.85 Å². The normalized spacial score (nSPS) is 14.2. The van der Waals surface area contributed by atoms with Crippen molar-refractivity contribution in [2.24, 2.45) is 0 Å². The van der Waals surface area contributed by atoms with Gasteiger partial charge in [-0.25, -0.2) is 0 Å². The predicted molar refractivity (Wildman–Crippen MR) is 76.4 cm³/mol. The summed E-state index contributed by atoms with van der Waals surface area (Å²) < 4.78 is 11.8. The molecule has 0 saturated heterocycles. The van der Waals surface area contributed by atoms with Gasteiger partial charge in [-0.1, -0.05) is 6.58 Å². The Kier molecular flexibility index (Phi) is 5.07. The molecule has 0 aliphatic rings. The molecule has 0 N–H and O–H groups in total. The third kappa shape index (κ3) is 6.90. The van der Waals surface area contributed by atoms with E-state index in [0.29, 0.717) is 0 Å². The molecule has 0 fully saturated rings. The Morgan fingerprint density at radius 2 is 1.19 bits per heavy atom. The lowest BCUT2D eigenvalue weighted by molar-refractivity contribution is 0.395. The van der Waals surface area contributed by atoms with Crippen molar-refractivity contribution < 1.29 is 8.85 Å². The molecule has 4 heteroatoms. The first-order valence-corrected chi connectivity index (χ1v) is 12.5. The highest BCUT2D eigenvalue weighted by Crippen LogP contribution is 2.21. The number of hydrogen-bond donors (Lipinski definition) is 0. The summed E-state index contributed by atoms with van der Waals surface area (Å²) in [5.74, 6) is 1.71. The Morgan fingerprint density at radius 1 is 0.812 bits per heavy atom. The van der Waals surface area contributed by atoms with Crippen molar-refractivity contribution in [2.75, 3.05) is 0 Å². The molecule has 0 aliphatic heterocycles. The molecule has 0 saturated carbocycles. The van der Waals surface area contributed by atoms with E-state index < -0.39 is 16.6 Å². The van der Waals surface area contributed by atoms with Crippen molar-refractivity contribution in [1.82, 2.24) is 0 Å². The van der Waals surface area contributed by atoms with Crippen LogP contribution in [0.4, 0.5) is 0 Å². The predicted octanol–water partition coefficient (Wildman–Crippen LogP) is 4.50. The van der Waals surface area contributed by atoms with Gasteiger partial charge in [0.25, 0.3) is 0 Å². The highest BCUT2D eigenvalue weighted by atomic mass is 28.4. The van der Waals surface area contributed by atoms with E-state index in [2.05, 4.69) is 45.9 Å². The van der Waals surface area contributed by atoms with Gasteiger partial charge < -0.3 is 8.85 Å². The zero-order chi connectivity index (χ0) is 13.1. The van der Waals surface area contributed by atoms with E-state index in [1.54, 1.807) is 0 Å². The fraction of sp³-hybridized carbons (Fsp3) is 0.667. The van der Waals surface area contributed by atoms with Gasteiger partial charge in [-0.05, 0) is 53.1 Å². The second kappa shape index (κ2) is 5.23. The summed E-state index contributed by atoms with van der Waals surface area (Å²) in [4.78, 5) is 0. The lowest BCUT2D eigenvalue weighted by Gasteiger charge is -2.25. The highest BCUT2D eigenvalue weighted by Gasteiger charge is 2.20. The van der Waals surface area contributed by atoms with Gasteiger partial charge in [0.15, 0.2) is 0 Å². The summed E-state index contributed by atoms with van der Waals surface area (Å²) in [5, 5.41) is 0. The first-order valence-electron chi connectivity index (χ1n) is 5.67. The van der Waals surface area contributed by atoms with Crippen molar-refractivity contribution in [3.05, 3.63) is 23.7 Å². The Hall–Kier alpha value is -0.486. The van der Waals surface area contributed by atoms with E-state index in [0.717, 1.165) is 17.1 Å². The summed E-state index contributed by atoms with van der Waals surface area (Å²) in [6.45, 7) is 21.0. The summed E-state index contributed by atoms with van der Waals surface area (Å²) >= 11 is 0. The molecule has 0 aliphatic carbocycles. The van der Waals surface area contributed by atoms with Crippen LogP contribution < -0.4 is 0 Å². The third-order valence-electron chi connectivity index (χ3n) is 1.84. The smallest absolute Gasteiger partial charge is 0.242 e. The Bertz CT molecular complexity index is 293. The van der Waals surface area contributed by atoms with Crippen LogP contribution in [0, 0.1) is 0 Å². The summed E-state index contributed by atoms with van der Waals surface area (Å²) in [5.41, 5.74) is 1.03. The minimum atomic E-state index is -1.57. The number of allylic oxidation sites excluding steroid dienone is 2. The largest absolute Gasteiger partial charge is 0.547 e. The van der Waals surface area contributed by atoms with Gasteiger partial charge in [-0.15, -0.1) is 0 Å². The van der Waals surface area contributed by atoms with Crippen molar-refractivity contribution in [3.63, 3.8) is 0 Å². The Labute approximate surface area is 103 Å². The Balaban J connectivity index is 4.70. The molecule has 0 aromatic rings. The monoisotopic (exact) mass is 258 g/mol. The van der Waals surface area contributed by atoms with Crippen LogP contribution in [0.1, 0.15) is 13.8 Å². The molecule has 0 bridgehead atoms. The fourth-order valence-electron chi connectivity index (χ4n) is 1.18. The van der Waals surface area contributed by atoms with Crippen molar-refractivity contribution >= 4 is 16.6 Å². The minimum absolute atomic E-state index is 0.759. The topological polar surface area (TPSA) is 18.5 Å². The minimum Gasteiger partial charge on any atom is -0.547 e. The van der Waals surface area contributed by atoms with Gasteiger partial charge in [0.05, 0.1) is 5.76 Å². The van der Waals surface area contributed by atoms with E-state index >= 15 is 0 Å². The summed E-state index contributed by atoms with van der Waals surface area (Å²) in [6, 6.07) is 0. The van der Waals surface area contributed by atoms with Gasteiger partial charge in [-0.3, -0.25) is 0 Å². The molecule has 0 atom stereocenters. The SMILES string of the molecule is C=C(O[Si](C)(C)C)/C(C)=C(/C)O[Si](C)(C)C. The maximum atomic E-state index is 5.93. The van der Waals surface area contributed by atoms with Crippen molar-refractivity contribution in [3.8, 4) is 0 Å². The molecule has 94 valence electrons. The second-order valence-electron chi connectivity index (χ2n) is 6.03. The Morgan fingerprint density at radius 3 is 1.50 bits per heavy atom. The summed E-state index contributed by atoms with van der Waals surface area (Å²) in [7, 11) is -3.10. The van der Waals surface area contributed by atoms with E-state index in [1.165, 1.54) is 0 Å². The number of hydrogen-bond acceptors (Lipinski definition) is 2. The van der Waals surface area contributed by atoms with E-state index in [4.69, 9.17) is 8.85 Å². The molecule has 16 heavy (non-hydrogen) atoms. The first kappa shape index (κ1) is 15.5. The van der Waals surface area contributed by atoms with Crippen LogP contribution in [0.5, 0.6) is 0 Å². The average molecular weight is 259 g/mol. The maximum Gasteiger partial charge on any atom is 0.242 e. The second-order valence-corrected chi connectivity index (χ2v) is 14.9.